The molecule has 6 nitrogen and oxygen atoms in total. The lowest BCUT2D eigenvalue weighted by Gasteiger charge is -2.28. The quantitative estimate of drug-likeness (QED) is 0.526. The van der Waals surface area contributed by atoms with Crippen molar-refractivity contribution in [2.75, 3.05) is 24.6 Å². The van der Waals surface area contributed by atoms with Gasteiger partial charge >= 0.3 is 5.97 Å². The van der Waals surface area contributed by atoms with Crippen LogP contribution in [-0.4, -0.2) is 53.4 Å². The molecule has 2 heterocycles. The van der Waals surface area contributed by atoms with Gasteiger partial charge in [-0.1, -0.05) is 29.3 Å². The zero-order valence-electron chi connectivity index (χ0n) is 17.1. The molecule has 0 unspecified atom stereocenters. The number of halogens is 2. The number of rotatable bonds is 5. The van der Waals surface area contributed by atoms with Gasteiger partial charge in [0.15, 0.2) is 0 Å². The summed E-state index contributed by atoms with van der Waals surface area (Å²) in [6, 6.07) is 9.70. The summed E-state index contributed by atoms with van der Waals surface area (Å²) in [5.74, 6) is 0.315. The molecule has 1 N–H and O–H groups in total. The van der Waals surface area contributed by atoms with Gasteiger partial charge in [0.1, 0.15) is 4.90 Å². The van der Waals surface area contributed by atoms with Gasteiger partial charge in [-0.15, -0.1) is 0 Å². The number of carboxylic acids is 1. The Hall–Kier alpha value is -1.84. The second kappa shape index (κ2) is 9.19. The number of benzene rings is 2. The minimum atomic E-state index is -3.85. The molecule has 4 rings (SSSR count). The third kappa shape index (κ3) is 4.47. The standard InChI is InChI=1S/C22H20Cl2N2O4S2/c1-13-21(32(29,30)26-6-8-31-9-7-26)19(18-12-16(24)4-5-20(18)25-13)10-14-2-3-15(23)11-17(14)22(27)28/h2-5,11-12H,6-10H2,1H3,(H,27,28). The van der Waals surface area contributed by atoms with E-state index in [-0.39, 0.29) is 16.9 Å². The van der Waals surface area contributed by atoms with Crippen molar-refractivity contribution in [3.63, 3.8) is 0 Å². The third-order valence-electron chi connectivity index (χ3n) is 5.41. The number of aromatic nitrogens is 1. The van der Waals surface area contributed by atoms with E-state index in [2.05, 4.69) is 4.98 Å². The molecule has 0 radical (unpaired) electrons. The highest BCUT2D eigenvalue weighted by molar-refractivity contribution is 7.99. The Morgan fingerprint density at radius 1 is 1.12 bits per heavy atom. The van der Waals surface area contributed by atoms with E-state index in [1.165, 1.54) is 10.4 Å². The largest absolute Gasteiger partial charge is 0.478 e. The molecule has 0 spiro atoms. The summed E-state index contributed by atoms with van der Waals surface area (Å²) in [7, 11) is -3.85. The monoisotopic (exact) mass is 510 g/mol. The number of hydrogen-bond acceptors (Lipinski definition) is 5. The minimum absolute atomic E-state index is 0.0277. The summed E-state index contributed by atoms with van der Waals surface area (Å²) in [5, 5.41) is 11.0. The minimum Gasteiger partial charge on any atom is -0.478 e. The van der Waals surface area contributed by atoms with Gasteiger partial charge in [-0.3, -0.25) is 4.98 Å². The number of fused-ring (bicyclic) bond motifs is 1. The number of sulfonamides is 1. The lowest BCUT2D eigenvalue weighted by Crippen LogP contribution is -2.38. The number of hydrogen-bond donors (Lipinski definition) is 1. The Morgan fingerprint density at radius 3 is 2.47 bits per heavy atom. The van der Waals surface area contributed by atoms with Crippen LogP contribution in [-0.2, 0) is 16.4 Å². The van der Waals surface area contributed by atoms with E-state index in [0.717, 1.165) is 11.5 Å². The number of carboxylic acid groups (broad SMARTS) is 1. The average Bonchev–Trinajstić information content (AvgIpc) is 2.75. The fourth-order valence-corrected chi connectivity index (χ4v) is 7.26. The van der Waals surface area contributed by atoms with E-state index in [1.807, 2.05) is 0 Å². The highest BCUT2D eigenvalue weighted by atomic mass is 35.5. The van der Waals surface area contributed by atoms with Crippen molar-refractivity contribution in [2.24, 2.45) is 0 Å². The van der Waals surface area contributed by atoms with Crippen LogP contribution in [0, 0.1) is 6.92 Å². The molecule has 1 fully saturated rings. The zero-order valence-corrected chi connectivity index (χ0v) is 20.3. The summed E-state index contributed by atoms with van der Waals surface area (Å²) < 4.78 is 28.9. The maximum absolute atomic E-state index is 13.7. The maximum Gasteiger partial charge on any atom is 0.336 e. The summed E-state index contributed by atoms with van der Waals surface area (Å²) in [5.41, 5.74) is 1.94. The van der Waals surface area contributed by atoms with Gasteiger partial charge in [0.25, 0.3) is 0 Å². The lowest BCUT2D eigenvalue weighted by atomic mass is 9.96. The van der Waals surface area contributed by atoms with Crippen LogP contribution in [0.3, 0.4) is 0 Å². The van der Waals surface area contributed by atoms with Crippen LogP contribution >= 0.6 is 35.0 Å². The van der Waals surface area contributed by atoms with Gasteiger partial charge < -0.3 is 5.11 Å². The van der Waals surface area contributed by atoms with Crippen LogP contribution in [0.15, 0.2) is 41.3 Å². The first kappa shape index (κ1) is 23.3. The van der Waals surface area contributed by atoms with Gasteiger partial charge in [-0.25, -0.2) is 13.2 Å². The molecule has 1 aromatic heterocycles. The number of aryl methyl sites for hydroxylation is 1. The van der Waals surface area contributed by atoms with Crippen LogP contribution in [0.25, 0.3) is 10.9 Å². The Morgan fingerprint density at radius 2 is 1.78 bits per heavy atom. The van der Waals surface area contributed by atoms with Gasteiger partial charge in [-0.05, 0) is 48.4 Å². The highest BCUT2D eigenvalue weighted by Gasteiger charge is 2.32. The van der Waals surface area contributed by atoms with Gasteiger partial charge in [-0.2, -0.15) is 16.1 Å². The van der Waals surface area contributed by atoms with Crippen molar-refractivity contribution >= 4 is 61.9 Å². The van der Waals surface area contributed by atoms with Gasteiger partial charge in [0, 0.05) is 46.4 Å². The molecular weight excluding hydrogens is 491 g/mol. The Labute approximate surface area is 200 Å². The number of thioether (sulfide) groups is 1. The Bertz CT molecular complexity index is 1320. The maximum atomic E-state index is 13.7. The second-order valence-electron chi connectivity index (χ2n) is 7.47. The molecule has 1 saturated heterocycles. The third-order valence-corrected chi connectivity index (χ3v) is 8.93. The van der Waals surface area contributed by atoms with Crippen molar-refractivity contribution in [1.29, 1.82) is 0 Å². The van der Waals surface area contributed by atoms with Crippen LogP contribution in [0.5, 0.6) is 0 Å². The van der Waals surface area contributed by atoms with E-state index in [4.69, 9.17) is 23.2 Å². The molecule has 1 aliphatic rings. The summed E-state index contributed by atoms with van der Waals surface area (Å²) in [6.07, 6.45) is 0.0795. The molecule has 0 bridgehead atoms. The molecule has 32 heavy (non-hydrogen) atoms. The molecule has 3 aromatic rings. The zero-order chi connectivity index (χ0) is 23.0. The number of aromatic carboxylic acids is 1. The lowest BCUT2D eigenvalue weighted by molar-refractivity contribution is 0.0696. The van der Waals surface area contributed by atoms with E-state index >= 15 is 0 Å². The van der Waals surface area contributed by atoms with E-state index < -0.39 is 16.0 Å². The Kier molecular flexibility index (Phi) is 6.70. The predicted molar refractivity (Wildman–Crippen MR) is 129 cm³/mol. The Balaban J connectivity index is 1.99. The fraction of sp³-hybridized carbons (Fsp3) is 0.273. The topological polar surface area (TPSA) is 87.6 Å². The normalized spacial score (nSPS) is 15.2. The predicted octanol–water partition coefficient (Wildman–Crippen LogP) is 4.88. The van der Waals surface area contributed by atoms with Crippen molar-refractivity contribution in [3.05, 3.63) is 68.8 Å². The summed E-state index contributed by atoms with van der Waals surface area (Å²) in [4.78, 5) is 16.5. The molecule has 10 heteroatoms. The van der Waals surface area contributed by atoms with Crippen molar-refractivity contribution in [1.82, 2.24) is 9.29 Å². The molecule has 0 amide bonds. The summed E-state index contributed by atoms with van der Waals surface area (Å²) >= 11 is 14.0. The van der Waals surface area contributed by atoms with Crippen LogP contribution < -0.4 is 0 Å². The van der Waals surface area contributed by atoms with Crippen molar-refractivity contribution in [3.8, 4) is 0 Å². The average molecular weight is 511 g/mol. The molecule has 2 aromatic carbocycles. The SMILES string of the molecule is Cc1nc2ccc(Cl)cc2c(Cc2ccc(Cl)cc2C(=O)O)c1S(=O)(=O)N1CCSCC1. The van der Waals surface area contributed by atoms with E-state index in [9.17, 15) is 18.3 Å². The number of pyridine rings is 1. The molecular formula is C22H20Cl2N2O4S2. The van der Waals surface area contributed by atoms with Gasteiger partial charge in [0.2, 0.25) is 10.0 Å². The smallest absolute Gasteiger partial charge is 0.336 e. The summed E-state index contributed by atoms with van der Waals surface area (Å²) in [6.45, 7) is 2.50. The number of carbonyl (C=O) groups is 1. The first-order valence-corrected chi connectivity index (χ1v) is 13.2. The van der Waals surface area contributed by atoms with Gasteiger partial charge in [0.05, 0.1) is 16.8 Å². The first-order valence-electron chi connectivity index (χ1n) is 9.87. The van der Waals surface area contributed by atoms with Crippen molar-refractivity contribution < 1.29 is 18.3 Å². The van der Waals surface area contributed by atoms with E-state index in [1.54, 1.807) is 49.0 Å². The van der Waals surface area contributed by atoms with E-state index in [0.29, 0.717) is 50.9 Å². The highest BCUT2D eigenvalue weighted by Crippen LogP contribution is 2.34. The first-order chi connectivity index (χ1) is 15.2. The van der Waals surface area contributed by atoms with Crippen LogP contribution in [0.2, 0.25) is 10.0 Å². The van der Waals surface area contributed by atoms with Crippen LogP contribution in [0.4, 0.5) is 0 Å². The van der Waals surface area contributed by atoms with Crippen LogP contribution in [0.1, 0.15) is 27.2 Å². The molecule has 0 atom stereocenters. The molecule has 1 aliphatic heterocycles. The fourth-order valence-electron chi connectivity index (χ4n) is 3.95. The molecule has 0 aliphatic carbocycles. The van der Waals surface area contributed by atoms with Crippen molar-refractivity contribution in [2.45, 2.75) is 18.2 Å². The second-order valence-corrected chi connectivity index (χ2v) is 11.4. The number of nitrogens with zero attached hydrogens (tertiary/aromatic N) is 2. The molecule has 168 valence electrons. The molecule has 0 saturated carbocycles.